The van der Waals surface area contributed by atoms with Gasteiger partial charge in [0, 0.05) is 49.5 Å². The molecule has 0 saturated heterocycles. The Morgan fingerprint density at radius 1 is 0.972 bits per heavy atom. The van der Waals surface area contributed by atoms with E-state index in [0.717, 1.165) is 11.1 Å². The van der Waals surface area contributed by atoms with E-state index in [9.17, 15) is 9.59 Å². The maximum absolute atomic E-state index is 13.4. The second kappa shape index (κ2) is 12.5. The first kappa shape index (κ1) is 25.6. The Kier molecular flexibility index (Phi) is 8.89. The maximum Gasteiger partial charge on any atom is 0.273 e. The summed E-state index contributed by atoms with van der Waals surface area (Å²) in [5.74, 6) is -0.401. The summed E-state index contributed by atoms with van der Waals surface area (Å²) in [5, 5.41) is 9.14. The number of carbonyl (C=O) groups excluding carboxylic acids is 2. The van der Waals surface area contributed by atoms with Crippen molar-refractivity contribution in [2.24, 2.45) is 0 Å². The van der Waals surface area contributed by atoms with Crippen LogP contribution in [0.2, 0.25) is 10.0 Å². The number of hydrogen-bond donors (Lipinski definition) is 2. The molecule has 0 radical (unpaired) electrons. The molecular formula is C26H23Cl2N5O2S. The topological polar surface area (TPSA) is 87.2 Å². The fourth-order valence-electron chi connectivity index (χ4n) is 3.37. The Morgan fingerprint density at radius 3 is 2.53 bits per heavy atom. The lowest BCUT2D eigenvalue weighted by Gasteiger charge is -2.22. The minimum absolute atomic E-state index is 0.148. The predicted octanol–water partition coefficient (Wildman–Crippen LogP) is 5.94. The average molecular weight is 540 g/mol. The van der Waals surface area contributed by atoms with Crippen LogP contribution in [0, 0.1) is 0 Å². The van der Waals surface area contributed by atoms with Gasteiger partial charge in [-0.05, 0) is 35.4 Å². The number of nitrogens with one attached hydrogen (secondary N) is 2. The number of pyridine rings is 1. The number of rotatable bonds is 10. The van der Waals surface area contributed by atoms with Crippen LogP contribution in [0.3, 0.4) is 0 Å². The third kappa shape index (κ3) is 7.27. The molecule has 0 saturated carbocycles. The van der Waals surface area contributed by atoms with Gasteiger partial charge >= 0.3 is 0 Å². The van der Waals surface area contributed by atoms with Gasteiger partial charge in [0.25, 0.3) is 5.91 Å². The van der Waals surface area contributed by atoms with Crippen molar-refractivity contribution in [3.63, 3.8) is 0 Å². The molecule has 7 nitrogen and oxygen atoms in total. The molecule has 0 aliphatic carbocycles. The van der Waals surface area contributed by atoms with E-state index >= 15 is 0 Å². The second-order valence-corrected chi connectivity index (χ2v) is 9.56. The van der Waals surface area contributed by atoms with Crippen LogP contribution >= 0.6 is 34.5 Å². The highest BCUT2D eigenvalue weighted by molar-refractivity contribution is 7.14. The highest BCUT2D eigenvalue weighted by Gasteiger charge is 2.20. The van der Waals surface area contributed by atoms with E-state index in [1.54, 1.807) is 40.9 Å². The minimum atomic E-state index is -0.252. The maximum atomic E-state index is 13.4. The lowest BCUT2D eigenvalue weighted by molar-refractivity contribution is -0.121. The summed E-state index contributed by atoms with van der Waals surface area (Å²) in [6.07, 6.45) is 3.55. The van der Waals surface area contributed by atoms with E-state index in [2.05, 4.69) is 20.6 Å². The number of benzene rings is 2. The number of aromatic nitrogens is 2. The summed E-state index contributed by atoms with van der Waals surface area (Å²) in [6.45, 7) is 0.997. The fraction of sp³-hybridized carbons (Fsp3) is 0.154. The number of nitrogens with zero attached hydrogens (tertiary/aromatic N) is 3. The van der Waals surface area contributed by atoms with Crippen molar-refractivity contribution in [2.45, 2.75) is 19.5 Å². The van der Waals surface area contributed by atoms with E-state index < -0.39 is 0 Å². The van der Waals surface area contributed by atoms with Crippen LogP contribution in [0.5, 0.6) is 0 Å². The zero-order chi connectivity index (χ0) is 25.3. The van der Waals surface area contributed by atoms with Gasteiger partial charge in [-0.25, -0.2) is 4.98 Å². The molecule has 0 aliphatic heterocycles. The van der Waals surface area contributed by atoms with Crippen LogP contribution in [0.15, 0.2) is 78.4 Å². The Balaban J connectivity index is 1.42. The summed E-state index contributed by atoms with van der Waals surface area (Å²) in [7, 11) is 0. The van der Waals surface area contributed by atoms with Crippen LogP contribution in [-0.4, -0.2) is 33.2 Å². The van der Waals surface area contributed by atoms with Gasteiger partial charge in [-0.1, -0.05) is 59.6 Å². The van der Waals surface area contributed by atoms with Crippen LogP contribution in [0.1, 0.15) is 28.0 Å². The summed E-state index contributed by atoms with van der Waals surface area (Å²) in [5.41, 5.74) is 2.89. The van der Waals surface area contributed by atoms with Crippen molar-refractivity contribution >= 4 is 57.2 Å². The molecule has 2 heterocycles. The van der Waals surface area contributed by atoms with Crippen LogP contribution in [0.4, 0.5) is 10.8 Å². The van der Waals surface area contributed by atoms with Crippen molar-refractivity contribution in [3.05, 3.63) is 105 Å². The van der Waals surface area contributed by atoms with E-state index in [0.29, 0.717) is 39.6 Å². The molecule has 2 aromatic heterocycles. The lowest BCUT2D eigenvalue weighted by Crippen LogP contribution is -2.35. The molecule has 0 spiro atoms. The average Bonchev–Trinajstić information content (AvgIpc) is 3.36. The first-order valence-electron chi connectivity index (χ1n) is 11.1. The molecule has 2 N–H and O–H groups in total. The van der Waals surface area contributed by atoms with Gasteiger partial charge in [0.05, 0.1) is 10.0 Å². The van der Waals surface area contributed by atoms with E-state index in [1.807, 2.05) is 42.5 Å². The summed E-state index contributed by atoms with van der Waals surface area (Å²) < 4.78 is 0. The number of thiazole rings is 1. The summed E-state index contributed by atoms with van der Waals surface area (Å²) in [4.78, 5) is 36.0. The monoisotopic (exact) mass is 539 g/mol. The van der Waals surface area contributed by atoms with Gasteiger partial charge in [-0.15, -0.1) is 11.3 Å². The van der Waals surface area contributed by atoms with Crippen LogP contribution < -0.4 is 10.6 Å². The number of anilines is 2. The van der Waals surface area contributed by atoms with Crippen molar-refractivity contribution in [3.8, 4) is 0 Å². The predicted molar refractivity (Wildman–Crippen MR) is 144 cm³/mol. The minimum Gasteiger partial charge on any atom is -0.352 e. The first-order chi connectivity index (χ1) is 17.5. The molecule has 0 fully saturated rings. The molecule has 2 amide bonds. The Hall–Kier alpha value is -3.46. The first-order valence-corrected chi connectivity index (χ1v) is 12.8. The number of hydrogen-bond acceptors (Lipinski definition) is 6. The van der Waals surface area contributed by atoms with E-state index in [-0.39, 0.29) is 24.8 Å². The lowest BCUT2D eigenvalue weighted by atomic mass is 10.2. The molecule has 2 aromatic carbocycles. The van der Waals surface area contributed by atoms with Crippen molar-refractivity contribution in [1.82, 2.24) is 20.2 Å². The van der Waals surface area contributed by atoms with Crippen LogP contribution in [0.25, 0.3) is 0 Å². The molecule has 0 atom stereocenters. The summed E-state index contributed by atoms with van der Waals surface area (Å²) in [6, 6.07) is 18.5. The van der Waals surface area contributed by atoms with Crippen molar-refractivity contribution in [2.75, 3.05) is 11.9 Å². The quantitative estimate of drug-likeness (QED) is 0.260. The largest absolute Gasteiger partial charge is 0.352 e. The Labute approximate surface area is 223 Å². The number of halogens is 2. The normalized spacial score (nSPS) is 10.6. The van der Waals surface area contributed by atoms with Crippen molar-refractivity contribution in [1.29, 1.82) is 0 Å². The van der Waals surface area contributed by atoms with Gasteiger partial charge < -0.3 is 15.5 Å². The molecule has 4 rings (SSSR count). The Bertz CT molecular complexity index is 1320. The van der Waals surface area contributed by atoms with Crippen LogP contribution in [-0.2, 0) is 17.9 Å². The SMILES string of the molecule is O=C(CCN(Cc1ccccc1)C(=O)c1csc(Nc2ccc(Cl)c(Cl)c2)n1)NCc1cccnc1. The molecule has 4 aromatic rings. The Morgan fingerprint density at radius 2 is 1.78 bits per heavy atom. The number of amides is 2. The smallest absolute Gasteiger partial charge is 0.273 e. The third-order valence-electron chi connectivity index (χ3n) is 5.22. The van der Waals surface area contributed by atoms with Crippen molar-refractivity contribution < 1.29 is 9.59 Å². The fourth-order valence-corrected chi connectivity index (χ4v) is 4.38. The molecule has 36 heavy (non-hydrogen) atoms. The van der Waals surface area contributed by atoms with Gasteiger partial charge in [-0.2, -0.15) is 0 Å². The second-order valence-electron chi connectivity index (χ2n) is 7.89. The van der Waals surface area contributed by atoms with Gasteiger partial charge in [-0.3, -0.25) is 14.6 Å². The summed E-state index contributed by atoms with van der Waals surface area (Å²) >= 11 is 13.4. The molecule has 10 heteroatoms. The van der Waals surface area contributed by atoms with Gasteiger partial charge in [0.2, 0.25) is 5.91 Å². The number of carbonyl (C=O) groups is 2. The highest BCUT2D eigenvalue weighted by atomic mass is 35.5. The van der Waals surface area contributed by atoms with E-state index in [1.165, 1.54) is 11.3 Å². The molecular weight excluding hydrogens is 517 g/mol. The van der Waals surface area contributed by atoms with Gasteiger partial charge in [0.1, 0.15) is 5.69 Å². The standard InChI is InChI=1S/C26H23Cl2N5O2S/c27-21-9-8-20(13-22(21)28)31-26-32-23(17-36-26)25(35)33(16-18-5-2-1-3-6-18)12-10-24(34)30-15-19-7-4-11-29-14-19/h1-9,11,13-14,17H,10,12,15-16H2,(H,30,34)(H,31,32). The molecule has 184 valence electrons. The molecule has 0 unspecified atom stereocenters. The zero-order valence-corrected chi connectivity index (χ0v) is 21.5. The molecule has 0 bridgehead atoms. The zero-order valence-electron chi connectivity index (χ0n) is 19.2. The third-order valence-corrected chi connectivity index (χ3v) is 6.72. The highest BCUT2D eigenvalue weighted by Crippen LogP contribution is 2.28. The molecule has 0 aliphatic rings. The van der Waals surface area contributed by atoms with E-state index in [4.69, 9.17) is 23.2 Å². The van der Waals surface area contributed by atoms with Gasteiger partial charge in [0.15, 0.2) is 5.13 Å².